The first-order chi connectivity index (χ1) is 8.68. The molecule has 1 aliphatic heterocycles. The van der Waals surface area contributed by atoms with E-state index in [0.29, 0.717) is 24.4 Å². The highest BCUT2D eigenvalue weighted by atomic mass is 16.5. The number of amides is 2. The first kappa shape index (κ1) is 12.6. The van der Waals surface area contributed by atoms with Crippen molar-refractivity contribution < 1.29 is 14.1 Å². The van der Waals surface area contributed by atoms with Gasteiger partial charge in [0.1, 0.15) is 11.3 Å². The van der Waals surface area contributed by atoms with Gasteiger partial charge in [-0.3, -0.25) is 9.59 Å². The number of aromatic nitrogens is 1. The number of carbonyl (C=O) groups excluding carboxylic acids is 2. The highest BCUT2D eigenvalue weighted by molar-refractivity contribution is 5.96. The Kier molecular flexibility index (Phi) is 3.93. The van der Waals surface area contributed by atoms with Gasteiger partial charge in [-0.15, -0.1) is 0 Å². The molecule has 1 aliphatic rings. The zero-order valence-corrected chi connectivity index (χ0v) is 10.2. The summed E-state index contributed by atoms with van der Waals surface area (Å²) in [6.45, 7) is 4.61. The second-order valence-electron chi connectivity index (χ2n) is 4.11. The molecular weight excluding hydrogens is 236 g/mol. The van der Waals surface area contributed by atoms with E-state index in [9.17, 15) is 9.59 Å². The lowest BCUT2D eigenvalue weighted by atomic mass is 10.2. The molecular formula is C11H16N4O3. The number of rotatable bonds is 3. The van der Waals surface area contributed by atoms with Crippen molar-refractivity contribution in [1.82, 2.24) is 20.7 Å². The maximum absolute atomic E-state index is 11.8. The Morgan fingerprint density at radius 2 is 2.22 bits per heavy atom. The molecule has 7 nitrogen and oxygen atoms in total. The lowest BCUT2D eigenvalue weighted by molar-refractivity contribution is -0.130. The molecule has 0 bridgehead atoms. The molecule has 18 heavy (non-hydrogen) atoms. The minimum Gasteiger partial charge on any atom is -0.361 e. The van der Waals surface area contributed by atoms with Crippen LogP contribution in [0.1, 0.15) is 16.1 Å². The zero-order chi connectivity index (χ0) is 13.0. The summed E-state index contributed by atoms with van der Waals surface area (Å²) in [5.74, 6) is 0.0401. The van der Waals surface area contributed by atoms with E-state index in [-0.39, 0.29) is 18.4 Å². The van der Waals surface area contributed by atoms with Crippen molar-refractivity contribution in [1.29, 1.82) is 0 Å². The van der Waals surface area contributed by atoms with Crippen LogP contribution in [0.25, 0.3) is 0 Å². The third-order valence-corrected chi connectivity index (χ3v) is 2.87. The molecule has 0 spiro atoms. The molecule has 0 unspecified atom stereocenters. The number of carbonyl (C=O) groups is 2. The van der Waals surface area contributed by atoms with Gasteiger partial charge in [-0.05, 0) is 6.92 Å². The van der Waals surface area contributed by atoms with Gasteiger partial charge in [-0.25, -0.2) is 0 Å². The van der Waals surface area contributed by atoms with E-state index in [1.54, 1.807) is 11.8 Å². The predicted molar refractivity (Wildman–Crippen MR) is 63.0 cm³/mol. The number of piperazine rings is 1. The summed E-state index contributed by atoms with van der Waals surface area (Å²) < 4.78 is 4.79. The second-order valence-corrected chi connectivity index (χ2v) is 4.11. The van der Waals surface area contributed by atoms with E-state index in [2.05, 4.69) is 15.8 Å². The molecule has 0 atom stereocenters. The molecule has 1 aromatic heterocycles. The van der Waals surface area contributed by atoms with Gasteiger partial charge >= 0.3 is 0 Å². The van der Waals surface area contributed by atoms with E-state index in [1.165, 1.54) is 6.20 Å². The van der Waals surface area contributed by atoms with Crippen LogP contribution in [-0.4, -0.2) is 54.6 Å². The highest BCUT2D eigenvalue weighted by Gasteiger charge is 2.18. The van der Waals surface area contributed by atoms with Crippen LogP contribution >= 0.6 is 0 Å². The van der Waals surface area contributed by atoms with Crippen molar-refractivity contribution in [3.05, 3.63) is 17.5 Å². The predicted octanol–water partition coefficient (Wildman–Crippen LogP) is -0.855. The topological polar surface area (TPSA) is 87.5 Å². The molecule has 7 heteroatoms. The summed E-state index contributed by atoms with van der Waals surface area (Å²) >= 11 is 0. The molecule has 2 rings (SSSR count). The van der Waals surface area contributed by atoms with Gasteiger partial charge in [0.15, 0.2) is 0 Å². The van der Waals surface area contributed by atoms with Crippen LogP contribution in [-0.2, 0) is 4.79 Å². The second kappa shape index (κ2) is 5.63. The number of hydrogen-bond donors (Lipinski definition) is 2. The molecule has 2 heterocycles. The van der Waals surface area contributed by atoms with Crippen LogP contribution in [0.2, 0.25) is 0 Å². The van der Waals surface area contributed by atoms with Crippen LogP contribution in [0.5, 0.6) is 0 Å². The third kappa shape index (κ3) is 2.86. The number of aryl methyl sites for hydroxylation is 1. The van der Waals surface area contributed by atoms with Crippen molar-refractivity contribution in [3.8, 4) is 0 Å². The molecule has 98 valence electrons. The van der Waals surface area contributed by atoms with Crippen LogP contribution in [0, 0.1) is 6.92 Å². The summed E-state index contributed by atoms with van der Waals surface area (Å²) in [7, 11) is 0. The Labute approximate surface area is 104 Å². The monoisotopic (exact) mass is 252 g/mol. The summed E-state index contributed by atoms with van der Waals surface area (Å²) in [4.78, 5) is 25.3. The van der Waals surface area contributed by atoms with Crippen molar-refractivity contribution in [2.24, 2.45) is 0 Å². The summed E-state index contributed by atoms with van der Waals surface area (Å²) in [5, 5.41) is 9.26. The first-order valence-corrected chi connectivity index (χ1v) is 5.86. The van der Waals surface area contributed by atoms with Gasteiger partial charge in [0, 0.05) is 26.2 Å². The molecule has 2 N–H and O–H groups in total. The standard InChI is InChI=1S/C11H16N4O3/c1-8-9(6-14-18-8)11(17)13-7-10(16)15-4-2-12-3-5-15/h6,12H,2-5,7H2,1H3,(H,13,17). The zero-order valence-electron chi connectivity index (χ0n) is 10.2. The van der Waals surface area contributed by atoms with Gasteiger partial charge < -0.3 is 20.1 Å². The third-order valence-electron chi connectivity index (χ3n) is 2.87. The Morgan fingerprint density at radius 3 is 2.83 bits per heavy atom. The smallest absolute Gasteiger partial charge is 0.256 e. The minimum absolute atomic E-state index is 0.00343. The van der Waals surface area contributed by atoms with Gasteiger partial charge in [-0.1, -0.05) is 5.16 Å². The molecule has 0 radical (unpaired) electrons. The molecule has 1 aromatic rings. The Morgan fingerprint density at radius 1 is 1.50 bits per heavy atom. The van der Waals surface area contributed by atoms with Crippen LogP contribution in [0.3, 0.4) is 0 Å². The summed E-state index contributed by atoms with van der Waals surface area (Å²) in [6, 6.07) is 0. The Balaban J connectivity index is 1.82. The maximum Gasteiger partial charge on any atom is 0.256 e. The largest absolute Gasteiger partial charge is 0.361 e. The van der Waals surface area contributed by atoms with Crippen molar-refractivity contribution in [3.63, 3.8) is 0 Å². The van der Waals surface area contributed by atoms with E-state index >= 15 is 0 Å². The number of hydrogen-bond acceptors (Lipinski definition) is 5. The first-order valence-electron chi connectivity index (χ1n) is 5.86. The van der Waals surface area contributed by atoms with E-state index in [0.717, 1.165) is 13.1 Å². The van der Waals surface area contributed by atoms with Crippen molar-refractivity contribution in [2.45, 2.75) is 6.92 Å². The summed E-state index contributed by atoms with van der Waals surface area (Å²) in [5.41, 5.74) is 0.364. The molecule has 0 aromatic carbocycles. The SMILES string of the molecule is Cc1oncc1C(=O)NCC(=O)N1CCNCC1. The van der Waals surface area contributed by atoms with Gasteiger partial charge in [-0.2, -0.15) is 0 Å². The fraction of sp³-hybridized carbons (Fsp3) is 0.545. The van der Waals surface area contributed by atoms with E-state index in [4.69, 9.17) is 4.52 Å². The fourth-order valence-electron chi connectivity index (χ4n) is 1.79. The molecule has 0 aliphatic carbocycles. The Bertz CT molecular complexity index is 437. The van der Waals surface area contributed by atoms with E-state index in [1.807, 2.05) is 0 Å². The van der Waals surface area contributed by atoms with Crippen LogP contribution in [0.15, 0.2) is 10.7 Å². The number of nitrogens with zero attached hydrogens (tertiary/aromatic N) is 2. The normalized spacial score (nSPS) is 15.5. The van der Waals surface area contributed by atoms with Gasteiger partial charge in [0.25, 0.3) is 5.91 Å². The average molecular weight is 252 g/mol. The maximum atomic E-state index is 11.8. The van der Waals surface area contributed by atoms with Crippen LogP contribution in [0.4, 0.5) is 0 Å². The Hall–Kier alpha value is -1.89. The lowest BCUT2D eigenvalue weighted by Crippen LogP contribution is -2.49. The number of nitrogens with one attached hydrogen (secondary N) is 2. The summed E-state index contributed by atoms with van der Waals surface area (Å²) in [6.07, 6.45) is 1.35. The van der Waals surface area contributed by atoms with Crippen molar-refractivity contribution >= 4 is 11.8 Å². The molecule has 2 amide bonds. The van der Waals surface area contributed by atoms with Crippen LogP contribution < -0.4 is 10.6 Å². The van der Waals surface area contributed by atoms with Gasteiger partial charge in [0.2, 0.25) is 5.91 Å². The minimum atomic E-state index is -0.336. The molecule has 1 fully saturated rings. The molecule has 0 saturated carbocycles. The quantitative estimate of drug-likeness (QED) is 0.731. The average Bonchev–Trinajstić information content (AvgIpc) is 2.83. The van der Waals surface area contributed by atoms with Gasteiger partial charge in [0.05, 0.1) is 12.7 Å². The highest BCUT2D eigenvalue weighted by Crippen LogP contribution is 2.05. The van der Waals surface area contributed by atoms with E-state index < -0.39 is 0 Å². The molecule has 1 saturated heterocycles. The lowest BCUT2D eigenvalue weighted by Gasteiger charge is -2.27. The van der Waals surface area contributed by atoms with Crippen molar-refractivity contribution in [2.75, 3.05) is 32.7 Å². The fourth-order valence-corrected chi connectivity index (χ4v) is 1.79.